The molecule has 2 N–H and O–H groups in total. The maximum absolute atomic E-state index is 15.0. The van der Waals surface area contributed by atoms with Gasteiger partial charge < -0.3 is 39.1 Å². The van der Waals surface area contributed by atoms with Crippen molar-refractivity contribution in [2.24, 2.45) is 0 Å². The van der Waals surface area contributed by atoms with Crippen LogP contribution in [-0.2, 0) is 32.8 Å². The van der Waals surface area contributed by atoms with Crippen molar-refractivity contribution in [1.82, 2.24) is 24.7 Å². The highest BCUT2D eigenvalue weighted by molar-refractivity contribution is 5.95. The maximum Gasteiger partial charge on any atom is 0.327 e. The van der Waals surface area contributed by atoms with Crippen LogP contribution >= 0.6 is 0 Å². The van der Waals surface area contributed by atoms with Crippen LogP contribution in [-0.4, -0.2) is 125 Å². The van der Waals surface area contributed by atoms with Crippen molar-refractivity contribution in [2.75, 3.05) is 80.3 Å². The van der Waals surface area contributed by atoms with E-state index in [9.17, 15) is 23.9 Å². The fourth-order valence-corrected chi connectivity index (χ4v) is 10.1. The molecule has 15 nitrogen and oxygen atoms in total. The van der Waals surface area contributed by atoms with Crippen LogP contribution in [0.3, 0.4) is 0 Å². The van der Waals surface area contributed by atoms with Gasteiger partial charge in [-0.2, -0.15) is 10.2 Å². The molecule has 5 aromatic rings. The van der Waals surface area contributed by atoms with E-state index in [1.165, 1.54) is 52.9 Å². The van der Waals surface area contributed by atoms with Gasteiger partial charge in [0.2, 0.25) is 0 Å². The molecule has 4 atom stereocenters. The third-order valence-electron chi connectivity index (χ3n) is 14.0. The van der Waals surface area contributed by atoms with E-state index >= 15 is 0 Å². The van der Waals surface area contributed by atoms with Crippen molar-refractivity contribution < 1.29 is 42.8 Å². The molecular weight excluding hydrogens is 923 g/mol. The van der Waals surface area contributed by atoms with Crippen molar-refractivity contribution in [3.8, 4) is 5.75 Å². The van der Waals surface area contributed by atoms with E-state index < -0.39 is 29.3 Å². The number of benzene rings is 4. The zero-order valence-corrected chi connectivity index (χ0v) is 42.3. The fourth-order valence-electron chi connectivity index (χ4n) is 10.1. The van der Waals surface area contributed by atoms with Gasteiger partial charge in [0.15, 0.2) is 12.0 Å². The zero-order chi connectivity index (χ0) is 50.7. The van der Waals surface area contributed by atoms with Gasteiger partial charge in [0.05, 0.1) is 39.0 Å². The van der Waals surface area contributed by atoms with Crippen molar-refractivity contribution in [1.29, 1.82) is 0 Å². The Labute approximate surface area is 422 Å². The third-order valence-corrected chi connectivity index (χ3v) is 14.0. The fraction of sp³-hybridized carbons (Fsp3) is 0.509. The average molecular weight is 995 g/mol. The SMILES string of the molecule is CCCCCCC1(O)CN(c2ccc(N3CCN(c4ccc(OC[C@H]5OC[C@](Cn6cncn6)(c6ccc(F)cc6F)O5)cc4)CC3)cc2)C(=O)N1C(C)C.CCCCc1ccc(C2CN(O)CCO2)cc1. The Bertz CT molecular complexity index is 2460. The number of β-amino-alcohol motifs (C(OH)–C–C–N with tert-alkyl or cyclic N) is 1. The lowest BCUT2D eigenvalue weighted by Gasteiger charge is -2.37. The van der Waals surface area contributed by atoms with Gasteiger partial charge in [-0.3, -0.25) is 9.80 Å². The number of aromatic nitrogens is 3. The number of rotatable bonds is 19. The number of aryl methyl sites for hydroxylation is 1. The number of amides is 2. The van der Waals surface area contributed by atoms with Gasteiger partial charge in [-0.25, -0.2) is 23.2 Å². The number of hydroxylamine groups is 2. The summed E-state index contributed by atoms with van der Waals surface area (Å²) < 4.78 is 54.0. The quantitative estimate of drug-likeness (QED) is 0.0762. The summed E-state index contributed by atoms with van der Waals surface area (Å²) >= 11 is 0. The Morgan fingerprint density at radius 1 is 0.819 bits per heavy atom. The second-order valence-corrected chi connectivity index (χ2v) is 19.6. The van der Waals surface area contributed by atoms with E-state index in [1.807, 2.05) is 50.2 Å². The largest absolute Gasteiger partial charge is 0.488 e. The van der Waals surface area contributed by atoms with Crippen LogP contribution in [0.2, 0.25) is 0 Å². The van der Waals surface area contributed by atoms with Gasteiger partial charge in [-0.05, 0) is 105 Å². The number of carbonyl (C=O) groups excluding carboxylic acids is 1. The molecule has 17 heteroatoms. The molecule has 0 spiro atoms. The van der Waals surface area contributed by atoms with Crippen LogP contribution in [0.15, 0.2) is 104 Å². The van der Waals surface area contributed by atoms with E-state index in [4.69, 9.17) is 18.9 Å². The highest BCUT2D eigenvalue weighted by Crippen LogP contribution is 2.38. The summed E-state index contributed by atoms with van der Waals surface area (Å²) in [5.74, 6) is -0.763. The summed E-state index contributed by atoms with van der Waals surface area (Å²) in [7, 11) is 0. The van der Waals surface area contributed by atoms with E-state index in [-0.39, 0.29) is 50.0 Å². The van der Waals surface area contributed by atoms with Crippen LogP contribution in [0, 0.1) is 11.6 Å². The summed E-state index contributed by atoms with van der Waals surface area (Å²) in [4.78, 5) is 25.5. The summed E-state index contributed by atoms with van der Waals surface area (Å²) in [6.45, 7) is 13.9. The number of hydrogen-bond donors (Lipinski definition) is 2. The normalized spacial score (nSPS) is 22.7. The molecule has 2 amide bonds. The number of piperazine rings is 1. The standard InChI is InChI=1S/C41H51F2N7O5.C14H21NO2/c1-4-5-6-7-18-41(52)26-49(39(51)50(41)30(2)3)34-11-9-32(10-12-34)46-19-21-47(22-20-46)33-13-15-35(16-14-33)53-24-38-54-27-40(55-38,25-48-29-44-28-45-48)36-17-8-31(42)23-37(36)43;1-2-3-4-12-5-7-13(8-6-12)14-11-15(16)9-10-17-14/h8-17,23,28-30,38,52H,4-7,18-22,24-27H2,1-3H3;5-8,14,16H,2-4,9-11H2,1H3/t38-,40+,41?;/m0./s1. The minimum atomic E-state index is -1.24. The summed E-state index contributed by atoms with van der Waals surface area (Å²) in [6, 6.07) is 27.7. The van der Waals surface area contributed by atoms with Gasteiger partial charge >= 0.3 is 6.03 Å². The summed E-state index contributed by atoms with van der Waals surface area (Å²) in [5.41, 5.74) is 3.28. The molecule has 388 valence electrons. The first-order chi connectivity index (χ1) is 34.9. The topological polar surface area (TPSA) is 141 Å². The molecule has 4 fully saturated rings. The first kappa shape index (κ1) is 52.6. The molecule has 4 aromatic carbocycles. The number of ether oxygens (including phenoxy) is 4. The monoisotopic (exact) mass is 995 g/mol. The van der Waals surface area contributed by atoms with Crippen molar-refractivity contribution in [3.63, 3.8) is 0 Å². The van der Waals surface area contributed by atoms with Gasteiger partial charge in [0, 0.05) is 67.5 Å². The van der Waals surface area contributed by atoms with Gasteiger partial charge in [0.25, 0.3) is 0 Å². The predicted octanol–water partition coefficient (Wildman–Crippen LogP) is 9.33. The zero-order valence-electron chi connectivity index (χ0n) is 42.3. The van der Waals surface area contributed by atoms with Crippen LogP contribution in [0.25, 0.3) is 0 Å². The summed E-state index contributed by atoms with van der Waals surface area (Å²) in [6.07, 6.45) is 10.5. The molecule has 4 aliphatic heterocycles. The van der Waals surface area contributed by atoms with Crippen LogP contribution in [0.5, 0.6) is 5.75 Å². The second kappa shape index (κ2) is 24.4. The van der Waals surface area contributed by atoms with E-state index in [0.717, 1.165) is 87.0 Å². The molecule has 2 unspecified atom stereocenters. The molecule has 9 rings (SSSR count). The van der Waals surface area contributed by atoms with Crippen molar-refractivity contribution >= 4 is 23.1 Å². The van der Waals surface area contributed by atoms with Crippen LogP contribution in [0.4, 0.5) is 30.6 Å². The molecule has 4 saturated heterocycles. The lowest BCUT2D eigenvalue weighted by Crippen LogP contribution is -2.50. The van der Waals surface area contributed by atoms with Gasteiger partial charge in [-0.1, -0.05) is 69.9 Å². The molecular formula is C55H72F2N8O7. The number of nitrogens with zero attached hydrogens (tertiary/aromatic N) is 8. The smallest absolute Gasteiger partial charge is 0.327 e. The maximum atomic E-state index is 15.0. The Kier molecular flexibility index (Phi) is 17.8. The first-order valence-corrected chi connectivity index (χ1v) is 25.7. The van der Waals surface area contributed by atoms with E-state index in [2.05, 4.69) is 70.1 Å². The average Bonchev–Trinajstić information content (AvgIpc) is 4.13. The molecule has 0 aliphatic carbocycles. The lowest BCUT2D eigenvalue weighted by atomic mass is 9.94. The number of urea groups is 1. The number of aliphatic hydroxyl groups is 1. The Balaban J connectivity index is 0.000000344. The Hall–Kier alpha value is -5.69. The Morgan fingerprint density at radius 2 is 1.50 bits per heavy atom. The second-order valence-electron chi connectivity index (χ2n) is 19.6. The van der Waals surface area contributed by atoms with Crippen LogP contribution < -0.4 is 19.4 Å². The van der Waals surface area contributed by atoms with E-state index in [0.29, 0.717) is 31.9 Å². The van der Waals surface area contributed by atoms with E-state index in [1.54, 1.807) is 9.80 Å². The van der Waals surface area contributed by atoms with Crippen molar-refractivity contribution in [2.45, 2.75) is 115 Å². The predicted molar refractivity (Wildman–Crippen MR) is 272 cm³/mol. The minimum absolute atomic E-state index is 0.00831. The number of halogens is 2. The minimum Gasteiger partial charge on any atom is -0.488 e. The molecule has 0 saturated carbocycles. The van der Waals surface area contributed by atoms with Gasteiger partial charge in [0.1, 0.15) is 42.2 Å². The van der Waals surface area contributed by atoms with Crippen LogP contribution in [0.1, 0.15) is 95.4 Å². The lowest BCUT2D eigenvalue weighted by molar-refractivity contribution is -0.170. The molecule has 0 radical (unpaired) electrons. The first-order valence-electron chi connectivity index (χ1n) is 25.7. The molecule has 1 aromatic heterocycles. The van der Waals surface area contributed by atoms with Gasteiger partial charge in [-0.15, -0.1) is 0 Å². The highest BCUT2D eigenvalue weighted by atomic mass is 19.1. The third kappa shape index (κ3) is 12.9. The highest BCUT2D eigenvalue weighted by Gasteiger charge is 2.50. The molecule has 0 bridgehead atoms. The number of morpholine rings is 1. The number of carbonyl (C=O) groups is 1. The number of unbranched alkanes of at least 4 members (excludes halogenated alkanes) is 4. The number of hydrogen-bond acceptors (Lipinski definition) is 12. The molecule has 5 heterocycles. The molecule has 72 heavy (non-hydrogen) atoms. The Morgan fingerprint density at radius 3 is 2.12 bits per heavy atom. The van der Waals surface area contributed by atoms with Crippen molar-refractivity contribution in [3.05, 3.63) is 132 Å². The molecule has 4 aliphatic rings. The summed E-state index contributed by atoms with van der Waals surface area (Å²) in [5, 5.41) is 26.5. The number of anilines is 3.